The van der Waals surface area contributed by atoms with Gasteiger partial charge < -0.3 is 14.8 Å². The molecule has 1 amide bonds. The summed E-state index contributed by atoms with van der Waals surface area (Å²) in [7, 11) is -1.53. The summed E-state index contributed by atoms with van der Waals surface area (Å²) < 4.78 is 38.4. The molecular formula is C25H25ClN2O6S. The van der Waals surface area contributed by atoms with Crippen molar-refractivity contribution in [2.45, 2.75) is 18.7 Å². The summed E-state index contributed by atoms with van der Waals surface area (Å²) in [5.41, 5.74) is 2.11. The fourth-order valence-electron chi connectivity index (χ4n) is 3.42. The molecule has 0 aliphatic rings. The van der Waals surface area contributed by atoms with Crippen LogP contribution in [0.25, 0.3) is 0 Å². The van der Waals surface area contributed by atoms with Crippen LogP contribution in [0, 0.1) is 13.8 Å². The van der Waals surface area contributed by atoms with E-state index in [4.69, 9.17) is 21.1 Å². The number of halogens is 1. The van der Waals surface area contributed by atoms with Crippen LogP contribution in [0.1, 0.15) is 21.5 Å². The average molecular weight is 517 g/mol. The van der Waals surface area contributed by atoms with E-state index < -0.39 is 28.4 Å². The number of anilines is 2. The van der Waals surface area contributed by atoms with Crippen LogP contribution in [-0.4, -0.2) is 41.1 Å². The lowest BCUT2D eigenvalue weighted by atomic mass is 10.1. The van der Waals surface area contributed by atoms with Gasteiger partial charge in [-0.05, 0) is 61.9 Å². The van der Waals surface area contributed by atoms with Crippen molar-refractivity contribution in [3.8, 4) is 5.75 Å². The molecule has 8 nitrogen and oxygen atoms in total. The Bertz CT molecular complexity index is 1360. The summed E-state index contributed by atoms with van der Waals surface area (Å²) in [6.45, 7) is 2.92. The first-order valence-electron chi connectivity index (χ1n) is 10.5. The summed E-state index contributed by atoms with van der Waals surface area (Å²) in [6, 6.07) is 15.6. The maximum absolute atomic E-state index is 13.6. The first-order chi connectivity index (χ1) is 16.6. The molecule has 3 aromatic rings. The molecule has 3 aromatic carbocycles. The van der Waals surface area contributed by atoms with E-state index in [0.29, 0.717) is 11.3 Å². The normalized spacial score (nSPS) is 11.0. The number of benzene rings is 3. The third-order valence-electron chi connectivity index (χ3n) is 5.32. The van der Waals surface area contributed by atoms with Crippen molar-refractivity contribution < 1.29 is 27.5 Å². The molecule has 0 unspecified atom stereocenters. The number of sulfonamides is 1. The molecule has 35 heavy (non-hydrogen) atoms. The molecule has 0 saturated heterocycles. The number of nitrogens with one attached hydrogen (secondary N) is 1. The van der Waals surface area contributed by atoms with Crippen LogP contribution in [0.15, 0.2) is 65.6 Å². The number of aryl methyl sites for hydroxylation is 1. The van der Waals surface area contributed by atoms with Crippen molar-refractivity contribution in [1.82, 2.24) is 0 Å². The van der Waals surface area contributed by atoms with E-state index in [-0.39, 0.29) is 26.9 Å². The van der Waals surface area contributed by atoms with Gasteiger partial charge >= 0.3 is 5.97 Å². The molecule has 0 bridgehead atoms. The van der Waals surface area contributed by atoms with E-state index in [2.05, 4.69) is 5.32 Å². The zero-order valence-corrected chi connectivity index (χ0v) is 21.2. The highest BCUT2D eigenvalue weighted by Crippen LogP contribution is 2.35. The zero-order valence-electron chi connectivity index (χ0n) is 19.7. The van der Waals surface area contributed by atoms with Crippen LogP contribution in [0.5, 0.6) is 5.75 Å². The lowest BCUT2D eigenvalue weighted by Gasteiger charge is -2.26. The van der Waals surface area contributed by atoms with Gasteiger partial charge in [-0.15, -0.1) is 0 Å². The molecule has 0 aliphatic heterocycles. The smallest absolute Gasteiger partial charge is 0.338 e. The Labute approximate surface area is 209 Å². The Morgan fingerprint density at radius 2 is 1.69 bits per heavy atom. The van der Waals surface area contributed by atoms with Gasteiger partial charge in [0, 0.05) is 10.7 Å². The Morgan fingerprint density at radius 1 is 1.00 bits per heavy atom. The molecule has 0 radical (unpaired) electrons. The fourth-order valence-corrected chi connectivity index (χ4v) is 5.01. The highest BCUT2D eigenvalue weighted by Gasteiger charge is 2.30. The van der Waals surface area contributed by atoms with Crippen molar-refractivity contribution in [2.75, 3.05) is 30.4 Å². The Kier molecular flexibility index (Phi) is 8.03. The molecule has 184 valence electrons. The van der Waals surface area contributed by atoms with E-state index in [1.165, 1.54) is 38.5 Å². The van der Waals surface area contributed by atoms with Gasteiger partial charge in [0.1, 0.15) is 12.3 Å². The van der Waals surface area contributed by atoms with Gasteiger partial charge in [-0.3, -0.25) is 9.10 Å². The van der Waals surface area contributed by atoms with Gasteiger partial charge in [0.2, 0.25) is 5.91 Å². The second kappa shape index (κ2) is 10.8. The quantitative estimate of drug-likeness (QED) is 0.439. The van der Waals surface area contributed by atoms with Crippen molar-refractivity contribution in [1.29, 1.82) is 0 Å². The number of carbonyl (C=O) groups is 2. The summed E-state index contributed by atoms with van der Waals surface area (Å²) >= 11 is 6.16. The molecule has 3 rings (SSSR count). The number of ether oxygens (including phenoxy) is 2. The van der Waals surface area contributed by atoms with Crippen LogP contribution in [0.4, 0.5) is 11.4 Å². The Balaban J connectivity index is 2.03. The van der Waals surface area contributed by atoms with Crippen LogP contribution in [0.2, 0.25) is 5.02 Å². The van der Waals surface area contributed by atoms with Gasteiger partial charge in [0.05, 0.1) is 30.4 Å². The van der Waals surface area contributed by atoms with Gasteiger partial charge in [-0.25, -0.2) is 13.2 Å². The topological polar surface area (TPSA) is 102 Å². The standard InChI is InChI=1S/C25H25ClN2O6S/c1-16-8-11-19(12-9-16)35(31,32)28(22-14-18(26)10-13-23(22)33-3)15-24(29)27-21-7-5-6-20(17(21)2)25(30)34-4/h5-14H,15H2,1-4H3,(H,27,29). The average Bonchev–Trinajstić information content (AvgIpc) is 2.83. The van der Waals surface area contributed by atoms with E-state index in [1.807, 2.05) is 6.92 Å². The van der Waals surface area contributed by atoms with Gasteiger partial charge in [-0.2, -0.15) is 0 Å². The molecule has 0 atom stereocenters. The zero-order chi connectivity index (χ0) is 25.8. The van der Waals surface area contributed by atoms with Crippen molar-refractivity contribution in [2.24, 2.45) is 0 Å². The monoisotopic (exact) mass is 516 g/mol. The lowest BCUT2D eigenvalue weighted by Crippen LogP contribution is -2.38. The number of carbonyl (C=O) groups excluding carboxylic acids is 2. The number of rotatable bonds is 8. The van der Waals surface area contributed by atoms with Gasteiger partial charge in [0.25, 0.3) is 10.0 Å². The van der Waals surface area contributed by atoms with Crippen molar-refractivity contribution in [3.05, 3.63) is 82.4 Å². The third kappa shape index (κ3) is 5.75. The fraction of sp³-hybridized carbons (Fsp3) is 0.200. The minimum atomic E-state index is -4.18. The number of nitrogens with zero attached hydrogens (tertiary/aromatic N) is 1. The molecule has 0 aliphatic carbocycles. The molecular weight excluding hydrogens is 492 g/mol. The molecule has 1 N–H and O–H groups in total. The van der Waals surface area contributed by atoms with E-state index >= 15 is 0 Å². The second-order valence-corrected chi connectivity index (χ2v) is 9.96. The largest absolute Gasteiger partial charge is 0.495 e. The van der Waals surface area contributed by atoms with E-state index in [0.717, 1.165) is 9.87 Å². The molecule has 0 heterocycles. The predicted octanol–water partition coefficient (Wildman–Crippen LogP) is 4.59. The van der Waals surface area contributed by atoms with Crippen molar-refractivity contribution >= 4 is 44.9 Å². The van der Waals surface area contributed by atoms with E-state index in [1.54, 1.807) is 43.3 Å². The molecule has 0 fully saturated rings. The number of hydrogen-bond donors (Lipinski definition) is 1. The van der Waals surface area contributed by atoms with E-state index in [9.17, 15) is 18.0 Å². The number of amides is 1. The minimum absolute atomic E-state index is 0.00166. The molecule has 0 saturated carbocycles. The Hall–Kier alpha value is -3.56. The first-order valence-corrected chi connectivity index (χ1v) is 12.3. The second-order valence-electron chi connectivity index (χ2n) is 7.66. The van der Waals surface area contributed by atoms with Crippen molar-refractivity contribution in [3.63, 3.8) is 0 Å². The molecule has 0 aromatic heterocycles. The molecule has 10 heteroatoms. The highest BCUT2D eigenvalue weighted by molar-refractivity contribution is 7.92. The van der Waals surface area contributed by atoms with Crippen LogP contribution >= 0.6 is 11.6 Å². The summed E-state index contributed by atoms with van der Waals surface area (Å²) in [5, 5.41) is 2.96. The number of hydrogen-bond acceptors (Lipinski definition) is 6. The summed E-state index contributed by atoms with van der Waals surface area (Å²) in [4.78, 5) is 25.1. The number of esters is 1. The predicted molar refractivity (Wildman–Crippen MR) is 135 cm³/mol. The maximum atomic E-state index is 13.6. The van der Waals surface area contributed by atoms with Crippen LogP contribution in [-0.2, 0) is 19.6 Å². The highest BCUT2D eigenvalue weighted by atomic mass is 35.5. The van der Waals surface area contributed by atoms with Gasteiger partial charge in [0.15, 0.2) is 0 Å². The summed E-state index contributed by atoms with van der Waals surface area (Å²) in [6.07, 6.45) is 0. The first kappa shape index (κ1) is 26.1. The van der Waals surface area contributed by atoms with Gasteiger partial charge in [-0.1, -0.05) is 35.4 Å². The summed E-state index contributed by atoms with van der Waals surface area (Å²) in [5.74, 6) is -0.958. The Morgan fingerprint density at radius 3 is 2.31 bits per heavy atom. The lowest BCUT2D eigenvalue weighted by molar-refractivity contribution is -0.114. The number of methoxy groups -OCH3 is 2. The van der Waals surface area contributed by atoms with Crippen LogP contribution < -0.4 is 14.4 Å². The molecule has 0 spiro atoms. The maximum Gasteiger partial charge on any atom is 0.338 e. The van der Waals surface area contributed by atoms with Crippen LogP contribution in [0.3, 0.4) is 0 Å². The third-order valence-corrected chi connectivity index (χ3v) is 7.33. The minimum Gasteiger partial charge on any atom is -0.495 e. The SMILES string of the molecule is COC(=O)c1cccc(NC(=O)CN(c2cc(Cl)ccc2OC)S(=O)(=O)c2ccc(C)cc2)c1C.